The van der Waals surface area contributed by atoms with E-state index in [9.17, 15) is 0 Å². The Labute approximate surface area is 386 Å². The Bertz CT molecular complexity index is 1280. The molecule has 0 amide bonds. The maximum atomic E-state index is 4.48. The molecule has 0 aromatic heterocycles. The number of benzene rings is 3. The van der Waals surface area contributed by atoms with Crippen LogP contribution in [0.15, 0.2) is 123 Å². The Balaban J connectivity index is -0.000000613. The van der Waals surface area contributed by atoms with Gasteiger partial charge in [0.15, 0.2) is 0 Å². The molecule has 0 spiro atoms. The van der Waals surface area contributed by atoms with Crippen LogP contribution in [0, 0.1) is 18.2 Å². The fourth-order valence-corrected chi connectivity index (χ4v) is 4.69. The summed E-state index contributed by atoms with van der Waals surface area (Å²) in [7, 11) is 0. The molecule has 3 atom stereocenters. The number of aliphatic imine (C=N–C) groups is 3. The zero-order valence-electron chi connectivity index (χ0n) is 33.0. The molecule has 3 aliphatic rings. The fourth-order valence-electron chi connectivity index (χ4n) is 4.69. The van der Waals surface area contributed by atoms with E-state index in [0.29, 0.717) is 0 Å². The van der Waals surface area contributed by atoms with Gasteiger partial charge in [0.2, 0.25) is 0 Å². The second-order valence-corrected chi connectivity index (χ2v) is 10.3. The zero-order chi connectivity index (χ0) is 35.9. The van der Waals surface area contributed by atoms with E-state index in [1.54, 1.807) is 0 Å². The maximum absolute atomic E-state index is 4.48. The number of allylic oxidation sites excluding steroid dienone is 3. The van der Waals surface area contributed by atoms with E-state index in [-0.39, 0.29) is 116 Å². The number of rotatable bonds is 3. The van der Waals surface area contributed by atoms with Crippen molar-refractivity contribution in [2.75, 3.05) is 0 Å². The molecule has 6 nitrogen and oxygen atoms in total. The fraction of sp³-hybridized carbons (Fsp3) is 0.357. The molecule has 3 aliphatic heterocycles. The first kappa shape index (κ1) is 54.0. The van der Waals surface area contributed by atoms with Gasteiger partial charge in [0.1, 0.15) is 0 Å². The summed E-state index contributed by atoms with van der Waals surface area (Å²) in [6.07, 6.45) is 9.84. The summed E-state index contributed by atoms with van der Waals surface area (Å²) in [6.45, 7) is 23.9. The van der Waals surface area contributed by atoms with Crippen LogP contribution >= 0.6 is 0 Å². The standard InChI is InChI=1S/3C12H13N2.3C2H6.3Y/c3*1-9-8-12(14-10(2)13-9)11-6-4-3-5-7-11;3*1-2;;;/h3*3-7,12H,1-2H3,(H,13,14);3*1-2H3;;;/q3*-1;;;;;;. The van der Waals surface area contributed by atoms with Crippen LogP contribution in [-0.4, -0.2) is 17.5 Å². The quantitative estimate of drug-likeness (QED) is 0.229. The molecule has 0 saturated heterocycles. The van der Waals surface area contributed by atoms with Gasteiger partial charge < -0.3 is 34.2 Å². The summed E-state index contributed by atoms with van der Waals surface area (Å²) in [4.78, 5) is 13.4. The van der Waals surface area contributed by atoms with Crippen molar-refractivity contribution in [3.63, 3.8) is 0 Å². The number of hydrogen-bond donors (Lipinski definition) is 3. The van der Waals surface area contributed by atoms with Gasteiger partial charge in [0, 0.05) is 98.1 Å². The van der Waals surface area contributed by atoms with Crippen molar-refractivity contribution in [3.05, 3.63) is 143 Å². The minimum Gasteiger partial charge on any atom is -0.446 e. The molecule has 3 unspecified atom stereocenters. The van der Waals surface area contributed by atoms with Crippen LogP contribution in [0.1, 0.15) is 118 Å². The van der Waals surface area contributed by atoms with E-state index in [0.717, 1.165) is 34.6 Å². The zero-order valence-corrected chi connectivity index (χ0v) is 41.5. The summed E-state index contributed by atoms with van der Waals surface area (Å²) in [6, 6.07) is 30.8. The molecular formula is C42H57N6Y3-3. The van der Waals surface area contributed by atoms with Crippen LogP contribution in [-0.2, 0) is 98.1 Å². The first-order valence-corrected chi connectivity index (χ1v) is 17.2. The molecule has 3 aromatic rings. The first-order chi connectivity index (χ1) is 23.3. The van der Waals surface area contributed by atoms with Gasteiger partial charge in [-0.1, -0.05) is 170 Å². The molecule has 6 rings (SSSR count). The molecule has 3 N–H and O–H groups in total. The number of amidine groups is 3. The molecule has 51 heavy (non-hydrogen) atoms. The van der Waals surface area contributed by atoms with Gasteiger partial charge in [-0.15, -0.1) is 0 Å². The molecule has 3 radical (unpaired) electrons. The minimum atomic E-state index is 0. The molecule has 3 heterocycles. The average Bonchev–Trinajstić information content (AvgIpc) is 3.11. The minimum absolute atomic E-state index is 0. The molecule has 0 saturated carbocycles. The van der Waals surface area contributed by atoms with Crippen molar-refractivity contribution < 1.29 is 98.1 Å². The Kier molecular flexibility index (Phi) is 33.9. The van der Waals surface area contributed by atoms with Gasteiger partial charge in [-0.25, -0.2) is 0 Å². The van der Waals surface area contributed by atoms with Crippen LogP contribution in [0.4, 0.5) is 0 Å². The smallest absolute Gasteiger partial charge is 0.0925 e. The van der Waals surface area contributed by atoms with E-state index < -0.39 is 0 Å². The molecule has 9 heteroatoms. The van der Waals surface area contributed by atoms with E-state index >= 15 is 0 Å². The van der Waals surface area contributed by atoms with E-state index in [1.807, 2.05) is 138 Å². The van der Waals surface area contributed by atoms with Crippen molar-refractivity contribution in [1.82, 2.24) is 16.0 Å². The molecule has 0 fully saturated rings. The molecule has 0 bridgehead atoms. The predicted octanol–water partition coefficient (Wildman–Crippen LogP) is 10.4. The van der Waals surface area contributed by atoms with Crippen molar-refractivity contribution in [1.29, 1.82) is 0 Å². The van der Waals surface area contributed by atoms with Gasteiger partial charge >= 0.3 is 0 Å². The second kappa shape index (κ2) is 32.1. The van der Waals surface area contributed by atoms with Gasteiger partial charge in [0.25, 0.3) is 0 Å². The Morgan fingerprint density at radius 3 is 0.745 bits per heavy atom. The van der Waals surface area contributed by atoms with E-state index in [1.165, 1.54) is 16.7 Å². The summed E-state index contributed by atoms with van der Waals surface area (Å²) in [5.74, 6) is 2.86. The third kappa shape index (κ3) is 21.2. The molecular weight excluding hydrogens is 855 g/mol. The third-order valence-corrected chi connectivity index (χ3v) is 6.48. The summed E-state index contributed by atoms with van der Waals surface area (Å²) in [5, 5.41) is 9.40. The normalized spacial score (nSPS) is 17.5. The van der Waals surface area contributed by atoms with Gasteiger partial charge in [-0.2, -0.15) is 17.1 Å². The molecule has 267 valence electrons. The third-order valence-electron chi connectivity index (χ3n) is 6.48. The Hall–Kier alpha value is -1.40. The monoisotopic (exact) mass is 912 g/mol. The van der Waals surface area contributed by atoms with Gasteiger partial charge in [-0.05, 0) is 38.9 Å². The molecule has 3 aromatic carbocycles. The maximum Gasteiger partial charge on any atom is 0.0925 e. The Morgan fingerprint density at radius 1 is 0.373 bits per heavy atom. The molecule has 0 aliphatic carbocycles. The number of nitrogens with zero attached hydrogens (tertiary/aromatic N) is 3. The predicted molar refractivity (Wildman–Crippen MR) is 208 cm³/mol. The number of nitrogens with one attached hydrogen (secondary N) is 3. The van der Waals surface area contributed by atoms with Crippen LogP contribution in [0.2, 0.25) is 0 Å². The van der Waals surface area contributed by atoms with Crippen molar-refractivity contribution in [2.24, 2.45) is 15.0 Å². The van der Waals surface area contributed by atoms with Crippen LogP contribution < -0.4 is 16.0 Å². The largest absolute Gasteiger partial charge is 0.446 e. The van der Waals surface area contributed by atoms with Crippen molar-refractivity contribution in [2.45, 2.75) is 101 Å². The van der Waals surface area contributed by atoms with Crippen LogP contribution in [0.25, 0.3) is 0 Å². The van der Waals surface area contributed by atoms with Crippen molar-refractivity contribution >= 4 is 17.5 Å². The Morgan fingerprint density at radius 2 is 0.569 bits per heavy atom. The summed E-state index contributed by atoms with van der Waals surface area (Å²) < 4.78 is 0. The topological polar surface area (TPSA) is 73.2 Å². The van der Waals surface area contributed by atoms with Crippen LogP contribution in [0.3, 0.4) is 0 Å². The average molecular weight is 913 g/mol. The van der Waals surface area contributed by atoms with Crippen molar-refractivity contribution in [3.8, 4) is 0 Å². The first-order valence-electron chi connectivity index (χ1n) is 17.2. The van der Waals surface area contributed by atoms with E-state index in [4.69, 9.17) is 0 Å². The van der Waals surface area contributed by atoms with E-state index in [2.05, 4.69) is 85.6 Å². The van der Waals surface area contributed by atoms with Crippen LogP contribution in [0.5, 0.6) is 0 Å². The van der Waals surface area contributed by atoms with Gasteiger partial charge in [0.05, 0.1) is 17.5 Å². The number of hydrogen-bond acceptors (Lipinski definition) is 6. The SMILES string of the molecule is CC.CC.CC.CC1=[C-]C(c2ccccc2)N=C(C)N1.CC1=[C-]C(c2ccccc2)N=C(C)N1.CC1=[C-]C(c2ccccc2)N=C(C)N1.[Y].[Y].[Y]. The van der Waals surface area contributed by atoms with Gasteiger partial charge in [-0.3, -0.25) is 15.0 Å². The summed E-state index contributed by atoms with van der Waals surface area (Å²) in [5.41, 5.74) is 6.71. The summed E-state index contributed by atoms with van der Waals surface area (Å²) >= 11 is 0. The second-order valence-electron chi connectivity index (χ2n) is 10.3.